The van der Waals surface area contributed by atoms with Crippen molar-refractivity contribution < 1.29 is 18.9 Å². The normalized spacial score (nSPS) is 11.8. The van der Waals surface area contributed by atoms with Gasteiger partial charge in [0.1, 0.15) is 5.75 Å². The summed E-state index contributed by atoms with van der Waals surface area (Å²) < 4.78 is 11.9. The van der Waals surface area contributed by atoms with Gasteiger partial charge in [-0.25, -0.2) is 4.79 Å². The average molecular weight is 269 g/mol. The molecule has 0 aliphatic heterocycles. The van der Waals surface area contributed by atoms with E-state index in [-0.39, 0.29) is 22.1 Å². The standard InChI is InChI=1S/C12H15NO4S/c1-2-7-13-11(14)8-18(17)10-6-4-3-5-9(10)12(15)16/h3-6H,2,7-8H2,1H3,(H,13,14)(H,15,16). The summed E-state index contributed by atoms with van der Waals surface area (Å²) in [5.41, 5.74) is -0.0286. The Balaban J connectivity index is 2.78. The second-order valence-electron chi connectivity index (χ2n) is 3.64. The molecular weight excluding hydrogens is 254 g/mol. The van der Waals surface area contributed by atoms with Gasteiger partial charge in [0.25, 0.3) is 0 Å². The van der Waals surface area contributed by atoms with Gasteiger partial charge in [0.05, 0.1) is 21.3 Å². The van der Waals surface area contributed by atoms with E-state index in [0.29, 0.717) is 6.54 Å². The van der Waals surface area contributed by atoms with Crippen LogP contribution in [-0.4, -0.2) is 33.5 Å². The maximum absolute atomic E-state index is 11.9. The number of carbonyl (C=O) groups is 2. The van der Waals surface area contributed by atoms with E-state index < -0.39 is 16.8 Å². The van der Waals surface area contributed by atoms with Gasteiger partial charge in [-0.15, -0.1) is 0 Å². The number of amides is 1. The summed E-state index contributed by atoms with van der Waals surface area (Å²) in [6.07, 6.45) is 0.796. The predicted octanol–water partition coefficient (Wildman–Crippen LogP) is 1.02. The number of carbonyl (C=O) groups excluding carboxylic acids is 1. The lowest BCUT2D eigenvalue weighted by Gasteiger charge is -2.06. The topological polar surface area (TPSA) is 83.5 Å². The zero-order valence-corrected chi connectivity index (χ0v) is 10.8. The number of rotatable bonds is 6. The van der Waals surface area contributed by atoms with Crippen molar-refractivity contribution in [3.63, 3.8) is 0 Å². The van der Waals surface area contributed by atoms with E-state index in [1.807, 2.05) is 6.92 Å². The lowest BCUT2D eigenvalue weighted by molar-refractivity contribution is -0.118. The highest BCUT2D eigenvalue weighted by molar-refractivity contribution is 7.85. The van der Waals surface area contributed by atoms with Gasteiger partial charge in [-0.1, -0.05) is 19.1 Å². The van der Waals surface area contributed by atoms with Gasteiger partial charge in [0.15, 0.2) is 0 Å². The minimum Gasteiger partial charge on any atom is -0.478 e. The van der Waals surface area contributed by atoms with E-state index in [2.05, 4.69) is 5.32 Å². The van der Waals surface area contributed by atoms with Crippen LogP contribution in [0.5, 0.6) is 0 Å². The molecule has 5 nitrogen and oxygen atoms in total. The zero-order valence-electron chi connectivity index (χ0n) is 10.0. The number of hydrogen-bond acceptors (Lipinski definition) is 3. The fraction of sp³-hybridized carbons (Fsp3) is 0.333. The molecule has 1 atom stereocenters. The van der Waals surface area contributed by atoms with E-state index in [1.165, 1.54) is 12.1 Å². The smallest absolute Gasteiger partial charge is 0.336 e. The maximum Gasteiger partial charge on any atom is 0.336 e. The summed E-state index contributed by atoms with van der Waals surface area (Å²) in [6.45, 7) is 2.44. The minimum atomic E-state index is -1.64. The molecule has 0 spiro atoms. The number of carboxylic acids is 1. The van der Waals surface area contributed by atoms with Gasteiger partial charge >= 0.3 is 5.97 Å². The van der Waals surface area contributed by atoms with Crippen LogP contribution >= 0.6 is 0 Å². The lowest BCUT2D eigenvalue weighted by Crippen LogP contribution is -2.29. The molecule has 1 unspecified atom stereocenters. The Labute approximate surface area is 108 Å². The first-order valence-electron chi connectivity index (χ1n) is 5.53. The number of aromatic carboxylic acids is 1. The summed E-state index contributed by atoms with van der Waals surface area (Å²) in [5, 5.41) is 11.6. The predicted molar refractivity (Wildman–Crippen MR) is 68.0 cm³/mol. The fourth-order valence-electron chi connectivity index (χ4n) is 1.35. The quantitative estimate of drug-likeness (QED) is 0.807. The lowest BCUT2D eigenvalue weighted by atomic mass is 10.2. The Morgan fingerprint density at radius 3 is 2.61 bits per heavy atom. The second kappa shape index (κ2) is 6.90. The Bertz CT molecular complexity index is 473. The third-order valence-corrected chi connectivity index (χ3v) is 3.57. The van der Waals surface area contributed by atoms with Gasteiger partial charge in [-0.05, 0) is 18.6 Å². The average Bonchev–Trinajstić information content (AvgIpc) is 2.36. The van der Waals surface area contributed by atoms with Crippen molar-refractivity contribution in [3.05, 3.63) is 29.8 Å². The van der Waals surface area contributed by atoms with Gasteiger partial charge < -0.3 is 10.4 Å². The molecule has 0 bridgehead atoms. The minimum absolute atomic E-state index is 0.0286. The molecule has 0 radical (unpaired) electrons. The van der Waals surface area contributed by atoms with Crippen molar-refractivity contribution in [1.29, 1.82) is 0 Å². The van der Waals surface area contributed by atoms with E-state index in [4.69, 9.17) is 5.11 Å². The molecule has 0 fully saturated rings. The Hall–Kier alpha value is -1.69. The molecule has 2 N–H and O–H groups in total. The maximum atomic E-state index is 11.9. The van der Waals surface area contributed by atoms with Crippen molar-refractivity contribution in [2.75, 3.05) is 12.3 Å². The Kier molecular flexibility index (Phi) is 5.51. The molecule has 0 aromatic heterocycles. The van der Waals surface area contributed by atoms with Crippen LogP contribution in [0, 0.1) is 0 Å². The van der Waals surface area contributed by atoms with Crippen molar-refractivity contribution in [3.8, 4) is 0 Å². The summed E-state index contributed by atoms with van der Waals surface area (Å²) in [6, 6.07) is 6.00. The van der Waals surface area contributed by atoms with Crippen molar-refractivity contribution in [1.82, 2.24) is 5.32 Å². The summed E-state index contributed by atoms with van der Waals surface area (Å²) in [4.78, 5) is 22.5. The third kappa shape index (κ3) is 3.96. The molecule has 6 heteroatoms. The number of benzene rings is 1. The second-order valence-corrected chi connectivity index (χ2v) is 5.06. The molecule has 98 valence electrons. The summed E-state index contributed by atoms with van der Waals surface area (Å²) >= 11 is 0. The van der Waals surface area contributed by atoms with Crippen LogP contribution in [0.4, 0.5) is 0 Å². The molecule has 18 heavy (non-hydrogen) atoms. The summed E-state index contributed by atoms with van der Waals surface area (Å²) in [7, 11) is -1.64. The molecule has 0 saturated heterocycles. The molecule has 1 aromatic rings. The first-order valence-corrected chi connectivity index (χ1v) is 6.85. The SMILES string of the molecule is CCCNC(=O)CS(=O)c1ccccc1C(=O)O. The Morgan fingerprint density at radius 1 is 1.33 bits per heavy atom. The van der Waals surface area contributed by atoms with Crippen molar-refractivity contribution in [2.24, 2.45) is 0 Å². The monoisotopic (exact) mass is 269 g/mol. The number of nitrogens with one attached hydrogen (secondary N) is 1. The molecule has 1 rings (SSSR count). The van der Waals surface area contributed by atoms with Crippen molar-refractivity contribution in [2.45, 2.75) is 18.2 Å². The first-order chi connectivity index (χ1) is 8.56. The van der Waals surface area contributed by atoms with Crippen LogP contribution in [-0.2, 0) is 15.6 Å². The molecular formula is C12H15NO4S. The van der Waals surface area contributed by atoms with Gasteiger partial charge in [0.2, 0.25) is 5.91 Å². The highest BCUT2D eigenvalue weighted by atomic mass is 32.2. The number of hydrogen-bond donors (Lipinski definition) is 2. The van der Waals surface area contributed by atoms with Gasteiger partial charge in [-0.3, -0.25) is 9.00 Å². The van der Waals surface area contributed by atoms with Crippen LogP contribution in [0.1, 0.15) is 23.7 Å². The molecule has 0 saturated carbocycles. The molecule has 1 aromatic carbocycles. The van der Waals surface area contributed by atoms with Crippen LogP contribution in [0.25, 0.3) is 0 Å². The zero-order chi connectivity index (χ0) is 13.5. The van der Waals surface area contributed by atoms with Crippen LogP contribution in [0.15, 0.2) is 29.2 Å². The first kappa shape index (κ1) is 14.4. The highest BCUT2D eigenvalue weighted by Gasteiger charge is 2.16. The highest BCUT2D eigenvalue weighted by Crippen LogP contribution is 2.13. The molecule has 0 aliphatic rings. The van der Waals surface area contributed by atoms with Gasteiger partial charge in [0, 0.05) is 6.54 Å². The molecule has 0 aliphatic carbocycles. The molecule has 0 heterocycles. The van der Waals surface area contributed by atoms with Crippen LogP contribution in [0.3, 0.4) is 0 Å². The molecule has 1 amide bonds. The number of carboxylic acid groups (broad SMARTS) is 1. The van der Waals surface area contributed by atoms with E-state index in [0.717, 1.165) is 6.42 Å². The fourth-order valence-corrected chi connectivity index (χ4v) is 2.48. The van der Waals surface area contributed by atoms with Gasteiger partial charge in [-0.2, -0.15) is 0 Å². The van der Waals surface area contributed by atoms with Crippen LogP contribution < -0.4 is 5.32 Å². The van der Waals surface area contributed by atoms with E-state index >= 15 is 0 Å². The van der Waals surface area contributed by atoms with Crippen molar-refractivity contribution >= 4 is 22.7 Å². The third-order valence-electron chi connectivity index (χ3n) is 2.20. The van der Waals surface area contributed by atoms with E-state index in [1.54, 1.807) is 12.1 Å². The Morgan fingerprint density at radius 2 is 2.00 bits per heavy atom. The van der Waals surface area contributed by atoms with Crippen LogP contribution in [0.2, 0.25) is 0 Å². The summed E-state index contributed by atoms with van der Waals surface area (Å²) in [5.74, 6) is -1.70. The largest absolute Gasteiger partial charge is 0.478 e. The van der Waals surface area contributed by atoms with E-state index in [9.17, 15) is 13.8 Å².